The second-order valence-corrected chi connectivity index (χ2v) is 6.47. The van der Waals surface area contributed by atoms with Gasteiger partial charge in [-0.3, -0.25) is 0 Å². The van der Waals surface area contributed by atoms with Crippen LogP contribution in [0.25, 0.3) is 0 Å². The molecule has 0 spiro atoms. The Bertz CT molecular complexity index is 826. The van der Waals surface area contributed by atoms with Crippen LogP contribution in [0, 0.1) is 6.92 Å². The molecule has 2 heterocycles. The molecule has 9 heteroatoms. The molecule has 0 unspecified atom stereocenters. The molecular formula is C17H19ClN4O4. The molecule has 1 aromatic heterocycles. The monoisotopic (exact) mass is 378 g/mol. The highest BCUT2D eigenvalue weighted by Crippen LogP contribution is 2.36. The number of carbonyl (C=O) groups is 1. The number of halogens is 1. The maximum atomic E-state index is 11.2. The van der Waals surface area contributed by atoms with E-state index >= 15 is 0 Å². The maximum Gasteiger partial charge on any atom is 0.339 e. The lowest BCUT2D eigenvalue weighted by atomic mass is 10.0. The van der Waals surface area contributed by atoms with Crippen molar-refractivity contribution in [2.75, 3.05) is 30.4 Å². The number of carboxylic acids is 1. The summed E-state index contributed by atoms with van der Waals surface area (Å²) in [5.41, 5.74) is 6.83. The fraction of sp³-hybridized carbons (Fsp3) is 0.353. The van der Waals surface area contributed by atoms with Crippen molar-refractivity contribution in [3.05, 3.63) is 40.0 Å². The SMILES string of the molecule is Cc1cc(N2CCCOC[C@@H]2c2cc(O)c(C(=O)O)cc2Cl)nc(N)n1. The zero-order valence-electron chi connectivity index (χ0n) is 14.1. The topological polar surface area (TPSA) is 122 Å². The zero-order valence-corrected chi connectivity index (χ0v) is 14.9. The van der Waals surface area contributed by atoms with Crippen molar-refractivity contribution in [1.82, 2.24) is 9.97 Å². The molecule has 1 aliphatic heterocycles. The summed E-state index contributed by atoms with van der Waals surface area (Å²) in [4.78, 5) is 21.6. The second-order valence-electron chi connectivity index (χ2n) is 6.06. The summed E-state index contributed by atoms with van der Waals surface area (Å²) in [6.07, 6.45) is 0.774. The fourth-order valence-corrected chi connectivity index (χ4v) is 3.33. The Kier molecular flexibility index (Phi) is 5.15. The van der Waals surface area contributed by atoms with E-state index in [1.165, 1.54) is 12.1 Å². The number of anilines is 2. The second kappa shape index (κ2) is 7.35. The van der Waals surface area contributed by atoms with Gasteiger partial charge >= 0.3 is 5.97 Å². The van der Waals surface area contributed by atoms with E-state index in [1.54, 1.807) is 0 Å². The number of nitrogens with two attached hydrogens (primary N) is 1. The van der Waals surface area contributed by atoms with Crippen LogP contribution in [-0.2, 0) is 4.74 Å². The molecular weight excluding hydrogens is 360 g/mol. The van der Waals surface area contributed by atoms with Crippen molar-refractivity contribution < 1.29 is 19.7 Å². The number of hydrogen-bond acceptors (Lipinski definition) is 7. The average molecular weight is 379 g/mol. The Balaban J connectivity index is 2.07. The van der Waals surface area contributed by atoms with Crippen molar-refractivity contribution in [2.45, 2.75) is 19.4 Å². The Morgan fingerprint density at radius 2 is 2.15 bits per heavy atom. The van der Waals surface area contributed by atoms with E-state index < -0.39 is 5.97 Å². The van der Waals surface area contributed by atoms with Gasteiger partial charge in [0.15, 0.2) is 0 Å². The van der Waals surface area contributed by atoms with Crippen molar-refractivity contribution in [1.29, 1.82) is 0 Å². The average Bonchev–Trinajstić information content (AvgIpc) is 2.81. The van der Waals surface area contributed by atoms with E-state index in [4.69, 9.17) is 27.2 Å². The van der Waals surface area contributed by atoms with Crippen LogP contribution in [0.3, 0.4) is 0 Å². The lowest BCUT2D eigenvalue weighted by molar-refractivity contribution is 0.0693. The normalized spacial score (nSPS) is 17.8. The highest BCUT2D eigenvalue weighted by atomic mass is 35.5. The van der Waals surface area contributed by atoms with E-state index in [0.29, 0.717) is 31.1 Å². The van der Waals surface area contributed by atoms with E-state index in [1.807, 2.05) is 17.9 Å². The summed E-state index contributed by atoms with van der Waals surface area (Å²) in [6.45, 7) is 3.35. The summed E-state index contributed by atoms with van der Waals surface area (Å²) >= 11 is 6.33. The quantitative estimate of drug-likeness (QED) is 0.744. The molecule has 2 aromatic rings. The van der Waals surface area contributed by atoms with Gasteiger partial charge in [0.2, 0.25) is 5.95 Å². The largest absolute Gasteiger partial charge is 0.507 e. The van der Waals surface area contributed by atoms with Gasteiger partial charge in [-0.2, -0.15) is 4.98 Å². The molecule has 1 atom stereocenters. The van der Waals surface area contributed by atoms with E-state index in [0.717, 1.165) is 12.1 Å². The molecule has 0 aliphatic carbocycles. The molecule has 4 N–H and O–H groups in total. The van der Waals surface area contributed by atoms with Gasteiger partial charge in [0, 0.05) is 29.9 Å². The van der Waals surface area contributed by atoms with Crippen LogP contribution < -0.4 is 10.6 Å². The summed E-state index contributed by atoms with van der Waals surface area (Å²) in [6, 6.07) is 4.08. The van der Waals surface area contributed by atoms with Crippen LogP contribution in [0.5, 0.6) is 5.75 Å². The van der Waals surface area contributed by atoms with Gasteiger partial charge in [-0.15, -0.1) is 0 Å². The predicted octanol–water partition coefficient (Wildman–Crippen LogP) is 2.39. The van der Waals surface area contributed by atoms with Crippen molar-refractivity contribution in [2.24, 2.45) is 0 Å². The van der Waals surface area contributed by atoms with Crippen LogP contribution in [-0.4, -0.2) is 45.9 Å². The zero-order chi connectivity index (χ0) is 18.8. The number of carboxylic acid groups (broad SMARTS) is 1. The number of aromatic nitrogens is 2. The smallest absolute Gasteiger partial charge is 0.339 e. The number of phenols is 1. The highest BCUT2D eigenvalue weighted by Gasteiger charge is 2.28. The predicted molar refractivity (Wildman–Crippen MR) is 96.8 cm³/mol. The van der Waals surface area contributed by atoms with Gasteiger partial charge in [-0.05, 0) is 31.0 Å². The van der Waals surface area contributed by atoms with Gasteiger partial charge < -0.3 is 25.6 Å². The number of aromatic carboxylic acids is 1. The summed E-state index contributed by atoms with van der Waals surface area (Å²) in [5, 5.41) is 19.5. The first-order valence-electron chi connectivity index (χ1n) is 8.08. The molecule has 3 rings (SSSR count). The van der Waals surface area contributed by atoms with Gasteiger partial charge in [0.1, 0.15) is 17.1 Å². The van der Waals surface area contributed by atoms with Crippen molar-refractivity contribution >= 4 is 29.3 Å². The number of rotatable bonds is 3. The third kappa shape index (κ3) is 3.66. The van der Waals surface area contributed by atoms with Crippen LogP contribution in [0.1, 0.15) is 34.1 Å². The number of benzene rings is 1. The third-order valence-corrected chi connectivity index (χ3v) is 4.52. The Morgan fingerprint density at radius 3 is 2.85 bits per heavy atom. The number of hydrogen-bond donors (Lipinski definition) is 3. The van der Waals surface area contributed by atoms with Gasteiger partial charge in [0.05, 0.1) is 12.6 Å². The molecule has 1 aliphatic rings. The van der Waals surface area contributed by atoms with Gasteiger partial charge in [-0.25, -0.2) is 9.78 Å². The molecule has 0 bridgehead atoms. The first kappa shape index (κ1) is 18.2. The minimum absolute atomic E-state index is 0.166. The lowest BCUT2D eigenvalue weighted by Gasteiger charge is -2.31. The number of nitrogen functional groups attached to an aromatic ring is 1. The van der Waals surface area contributed by atoms with Crippen LogP contribution >= 0.6 is 11.6 Å². The lowest BCUT2D eigenvalue weighted by Crippen LogP contribution is -2.32. The van der Waals surface area contributed by atoms with Crippen LogP contribution in [0.4, 0.5) is 11.8 Å². The Morgan fingerprint density at radius 1 is 1.38 bits per heavy atom. The van der Waals surface area contributed by atoms with E-state index in [2.05, 4.69) is 9.97 Å². The molecule has 8 nitrogen and oxygen atoms in total. The first-order chi connectivity index (χ1) is 12.4. The minimum Gasteiger partial charge on any atom is -0.507 e. The van der Waals surface area contributed by atoms with Crippen molar-refractivity contribution in [3.8, 4) is 5.75 Å². The number of nitrogens with zero attached hydrogens (tertiary/aromatic N) is 3. The molecule has 1 aromatic carbocycles. The molecule has 0 amide bonds. The van der Waals surface area contributed by atoms with E-state index in [-0.39, 0.29) is 28.3 Å². The number of aryl methyl sites for hydroxylation is 1. The van der Waals surface area contributed by atoms with Gasteiger partial charge in [0.25, 0.3) is 0 Å². The maximum absolute atomic E-state index is 11.2. The molecule has 0 radical (unpaired) electrons. The number of aromatic hydroxyl groups is 1. The summed E-state index contributed by atoms with van der Waals surface area (Å²) < 4.78 is 5.67. The standard InChI is InChI=1S/C17H19ClN4O4/c1-9-5-15(21-17(19)20-9)22-3-2-4-26-8-13(22)10-7-14(23)11(16(24)25)6-12(10)18/h5-7,13,23H,2-4,8H2,1H3,(H,24,25)(H2,19,20,21)/t13-/m1/s1. The van der Waals surface area contributed by atoms with Gasteiger partial charge in [-0.1, -0.05) is 11.6 Å². The molecule has 138 valence electrons. The van der Waals surface area contributed by atoms with E-state index in [9.17, 15) is 9.90 Å². The first-order valence-corrected chi connectivity index (χ1v) is 8.46. The third-order valence-electron chi connectivity index (χ3n) is 4.20. The summed E-state index contributed by atoms with van der Waals surface area (Å²) in [7, 11) is 0. The highest BCUT2D eigenvalue weighted by molar-refractivity contribution is 6.32. The number of ether oxygens (including phenoxy) is 1. The van der Waals surface area contributed by atoms with Crippen LogP contribution in [0.2, 0.25) is 5.02 Å². The fourth-order valence-electron chi connectivity index (χ4n) is 3.04. The Labute approximate surface area is 155 Å². The van der Waals surface area contributed by atoms with Crippen molar-refractivity contribution in [3.63, 3.8) is 0 Å². The molecule has 0 saturated carbocycles. The molecule has 1 fully saturated rings. The summed E-state index contributed by atoms with van der Waals surface area (Å²) in [5.74, 6) is -0.800. The van der Waals surface area contributed by atoms with Crippen LogP contribution in [0.15, 0.2) is 18.2 Å². The minimum atomic E-state index is -1.25. The molecule has 1 saturated heterocycles. The Hall–Kier alpha value is -2.58. The molecule has 26 heavy (non-hydrogen) atoms.